The first-order valence-corrected chi connectivity index (χ1v) is 8.69. The van der Waals surface area contributed by atoms with Gasteiger partial charge in [0.25, 0.3) is 0 Å². The van der Waals surface area contributed by atoms with Crippen LogP contribution in [-0.2, 0) is 9.53 Å². The molecule has 4 rings (SSSR count). The number of fused-ring (bicyclic) bond motifs is 3. The van der Waals surface area contributed by atoms with Gasteiger partial charge in [-0.3, -0.25) is 0 Å². The van der Waals surface area contributed by atoms with Crippen molar-refractivity contribution in [1.82, 2.24) is 0 Å². The monoisotopic (exact) mass is 420 g/mol. The molecule has 0 amide bonds. The Morgan fingerprint density at radius 2 is 1.57 bits per heavy atom. The second-order valence-electron chi connectivity index (χ2n) is 6.79. The number of aliphatic hydroxyl groups excluding tert-OH is 3. The molecule has 158 valence electrons. The van der Waals surface area contributed by atoms with Crippen molar-refractivity contribution in [3.05, 3.63) is 40.8 Å². The Balaban J connectivity index is 1.72. The second kappa shape index (κ2) is 7.15. The van der Waals surface area contributed by atoms with E-state index >= 15 is 0 Å². The minimum Gasteiger partial charge on any atom is -0.504 e. The predicted molar refractivity (Wildman–Crippen MR) is 98.3 cm³/mol. The van der Waals surface area contributed by atoms with Crippen LogP contribution in [0.25, 0.3) is 21.7 Å². The van der Waals surface area contributed by atoms with Gasteiger partial charge in [-0.25, -0.2) is 9.59 Å². The standard InChI is InChI=1S/C19H16O11/c20-10-4-8-7-2-1-6(3-12(7)29-18(27)9(8)5-11(10)21)28-19-15(24)13(22)14(23)16(30-19)17(25)26/h1-5,13-16,19-24H,(H,25,26)/t13-,14-,15+,16-,19+/m0/s1. The van der Waals surface area contributed by atoms with Crippen LogP contribution in [0.1, 0.15) is 0 Å². The van der Waals surface area contributed by atoms with Gasteiger partial charge < -0.3 is 44.5 Å². The number of hydrogen-bond acceptors (Lipinski definition) is 10. The lowest BCUT2D eigenvalue weighted by atomic mass is 9.99. The molecule has 1 aliphatic rings. The van der Waals surface area contributed by atoms with Gasteiger partial charge in [-0.15, -0.1) is 0 Å². The van der Waals surface area contributed by atoms with Crippen LogP contribution in [0.5, 0.6) is 17.2 Å². The number of carbonyl (C=O) groups is 1. The summed E-state index contributed by atoms with van der Waals surface area (Å²) in [6, 6.07) is 6.42. The Morgan fingerprint density at radius 1 is 0.900 bits per heavy atom. The van der Waals surface area contributed by atoms with Crippen molar-refractivity contribution in [2.24, 2.45) is 0 Å². The van der Waals surface area contributed by atoms with Crippen molar-refractivity contribution < 1.29 is 49.3 Å². The molecule has 0 bridgehead atoms. The van der Waals surface area contributed by atoms with Crippen molar-refractivity contribution in [1.29, 1.82) is 0 Å². The Morgan fingerprint density at radius 3 is 2.23 bits per heavy atom. The number of carboxylic acid groups (broad SMARTS) is 1. The van der Waals surface area contributed by atoms with Gasteiger partial charge in [-0.05, 0) is 24.3 Å². The summed E-state index contributed by atoms with van der Waals surface area (Å²) in [4.78, 5) is 23.4. The summed E-state index contributed by atoms with van der Waals surface area (Å²) < 4.78 is 15.7. The molecule has 30 heavy (non-hydrogen) atoms. The van der Waals surface area contributed by atoms with E-state index in [0.29, 0.717) is 10.8 Å². The molecule has 1 saturated heterocycles. The van der Waals surface area contributed by atoms with E-state index in [9.17, 15) is 35.1 Å². The molecule has 2 heterocycles. The summed E-state index contributed by atoms with van der Waals surface area (Å²) in [6.45, 7) is 0. The van der Waals surface area contributed by atoms with E-state index < -0.39 is 53.8 Å². The summed E-state index contributed by atoms with van der Waals surface area (Å²) in [7, 11) is 0. The molecular formula is C19H16O11. The highest BCUT2D eigenvalue weighted by Gasteiger charge is 2.48. The van der Waals surface area contributed by atoms with Crippen LogP contribution in [0.15, 0.2) is 39.5 Å². The topological polar surface area (TPSA) is 187 Å². The van der Waals surface area contributed by atoms with Crippen molar-refractivity contribution in [3.8, 4) is 17.2 Å². The zero-order valence-electron chi connectivity index (χ0n) is 15.0. The molecule has 3 aromatic rings. The van der Waals surface area contributed by atoms with Gasteiger partial charge in [0.05, 0.1) is 5.39 Å². The van der Waals surface area contributed by atoms with Gasteiger partial charge in [-0.2, -0.15) is 0 Å². The highest BCUT2D eigenvalue weighted by Crippen LogP contribution is 2.34. The maximum absolute atomic E-state index is 12.2. The van der Waals surface area contributed by atoms with Crippen LogP contribution in [0, 0.1) is 0 Å². The van der Waals surface area contributed by atoms with Gasteiger partial charge in [0.2, 0.25) is 6.29 Å². The van der Waals surface area contributed by atoms with E-state index in [2.05, 4.69) is 0 Å². The average Bonchev–Trinajstić information content (AvgIpc) is 2.69. The molecule has 6 N–H and O–H groups in total. The number of carboxylic acids is 1. The molecule has 0 saturated carbocycles. The van der Waals surface area contributed by atoms with Gasteiger partial charge in [0.15, 0.2) is 17.6 Å². The van der Waals surface area contributed by atoms with Crippen LogP contribution in [-0.4, -0.2) is 67.3 Å². The minimum absolute atomic E-state index is 0.00442. The molecule has 0 radical (unpaired) electrons. The lowest BCUT2D eigenvalue weighted by molar-refractivity contribution is -0.271. The maximum atomic E-state index is 12.2. The minimum atomic E-state index is -1.86. The number of ether oxygens (including phenoxy) is 2. The summed E-state index contributed by atoms with van der Waals surface area (Å²) in [5.41, 5.74) is -0.751. The van der Waals surface area contributed by atoms with Crippen LogP contribution in [0.3, 0.4) is 0 Å². The first kappa shape index (κ1) is 19.9. The average molecular weight is 420 g/mol. The zero-order chi connectivity index (χ0) is 21.7. The summed E-state index contributed by atoms with van der Waals surface area (Å²) in [6.07, 6.45) is -8.90. The third-order valence-electron chi connectivity index (χ3n) is 4.85. The Labute approximate surface area is 166 Å². The first-order valence-electron chi connectivity index (χ1n) is 8.69. The summed E-state index contributed by atoms with van der Waals surface area (Å²) in [5.74, 6) is -2.46. The molecule has 5 atom stereocenters. The predicted octanol–water partition coefficient (Wildman–Crippen LogP) is -0.372. The van der Waals surface area contributed by atoms with Crippen LogP contribution >= 0.6 is 0 Å². The van der Waals surface area contributed by atoms with Crippen LogP contribution in [0.4, 0.5) is 0 Å². The zero-order valence-corrected chi connectivity index (χ0v) is 15.0. The second-order valence-corrected chi connectivity index (χ2v) is 6.79. The molecule has 1 aromatic heterocycles. The number of rotatable bonds is 3. The number of phenolic OH excluding ortho intramolecular Hbond substituents is 2. The van der Waals surface area contributed by atoms with Gasteiger partial charge >= 0.3 is 11.6 Å². The van der Waals surface area contributed by atoms with Crippen molar-refractivity contribution in [2.75, 3.05) is 0 Å². The highest BCUT2D eigenvalue weighted by molar-refractivity contribution is 6.05. The molecule has 0 aliphatic carbocycles. The molecule has 1 aliphatic heterocycles. The number of benzene rings is 2. The largest absolute Gasteiger partial charge is 0.504 e. The Bertz CT molecular complexity index is 1200. The molecule has 0 spiro atoms. The lowest BCUT2D eigenvalue weighted by Crippen LogP contribution is -2.61. The molecule has 11 nitrogen and oxygen atoms in total. The summed E-state index contributed by atoms with van der Waals surface area (Å²) in [5, 5.41) is 58.8. The normalized spacial score (nSPS) is 26.7. The fourth-order valence-electron chi connectivity index (χ4n) is 3.29. The first-order chi connectivity index (χ1) is 14.2. The Kier molecular flexibility index (Phi) is 4.74. The number of aliphatic carboxylic acids is 1. The quantitative estimate of drug-likeness (QED) is 0.184. The number of phenols is 2. The van der Waals surface area contributed by atoms with Gasteiger partial charge in [-0.1, -0.05) is 0 Å². The molecule has 0 unspecified atom stereocenters. The summed E-state index contributed by atoms with van der Waals surface area (Å²) >= 11 is 0. The number of aliphatic hydroxyl groups is 3. The van der Waals surface area contributed by atoms with E-state index in [-0.39, 0.29) is 16.7 Å². The number of hydrogen-bond donors (Lipinski definition) is 6. The Hall–Kier alpha value is -3.38. The van der Waals surface area contributed by atoms with E-state index in [1.807, 2.05) is 0 Å². The van der Waals surface area contributed by atoms with E-state index in [0.717, 1.165) is 6.07 Å². The van der Waals surface area contributed by atoms with Gasteiger partial charge in [0.1, 0.15) is 29.6 Å². The SMILES string of the molecule is O=C(O)[C@H]1O[C@@H](Oc2ccc3c(c2)oc(=O)c2cc(O)c(O)cc23)[C@H](O)[C@@H](O)[C@@H]1O. The molecule has 11 heteroatoms. The highest BCUT2D eigenvalue weighted by atomic mass is 16.7. The third-order valence-corrected chi connectivity index (χ3v) is 4.85. The maximum Gasteiger partial charge on any atom is 0.344 e. The molecule has 1 fully saturated rings. The third kappa shape index (κ3) is 3.19. The molecule has 2 aromatic carbocycles. The van der Waals surface area contributed by atoms with Crippen molar-refractivity contribution in [2.45, 2.75) is 30.7 Å². The van der Waals surface area contributed by atoms with Gasteiger partial charge in [0, 0.05) is 16.8 Å². The van der Waals surface area contributed by atoms with E-state index in [4.69, 9.17) is 19.0 Å². The van der Waals surface area contributed by atoms with Crippen molar-refractivity contribution in [3.63, 3.8) is 0 Å². The fourth-order valence-corrected chi connectivity index (χ4v) is 3.29. The van der Waals surface area contributed by atoms with Crippen LogP contribution < -0.4 is 10.4 Å². The molecular weight excluding hydrogens is 404 g/mol. The smallest absolute Gasteiger partial charge is 0.344 e. The number of aromatic hydroxyl groups is 2. The van der Waals surface area contributed by atoms with Crippen molar-refractivity contribution >= 4 is 27.7 Å². The lowest BCUT2D eigenvalue weighted by Gasteiger charge is -2.38. The van der Waals surface area contributed by atoms with Crippen LogP contribution in [0.2, 0.25) is 0 Å². The van der Waals surface area contributed by atoms with E-state index in [1.165, 1.54) is 24.3 Å². The fraction of sp³-hybridized carbons (Fsp3) is 0.263. The van der Waals surface area contributed by atoms with E-state index in [1.54, 1.807) is 0 Å².